The van der Waals surface area contributed by atoms with E-state index in [9.17, 15) is 4.79 Å². The third-order valence-electron chi connectivity index (χ3n) is 2.33. The summed E-state index contributed by atoms with van der Waals surface area (Å²) in [5.74, 6) is 0.623. The summed E-state index contributed by atoms with van der Waals surface area (Å²) in [6, 6.07) is 5.69. The highest BCUT2D eigenvalue weighted by Gasteiger charge is 2.06. The molecule has 0 aliphatic heterocycles. The molecule has 0 bridgehead atoms. The van der Waals surface area contributed by atoms with Gasteiger partial charge in [-0.05, 0) is 19.1 Å². The van der Waals surface area contributed by atoms with Crippen LogP contribution in [0.25, 0.3) is 10.2 Å². The topological polar surface area (TPSA) is 42.4 Å². The molecule has 0 radical (unpaired) electrons. The minimum absolute atomic E-state index is 0.0560. The molecule has 0 unspecified atom stereocenters. The van der Waals surface area contributed by atoms with Gasteiger partial charge < -0.3 is 9.64 Å². The molecular weight excluding hydrogens is 236 g/mol. The molecule has 17 heavy (non-hydrogen) atoms. The van der Waals surface area contributed by atoms with Crippen LogP contribution in [0.3, 0.4) is 0 Å². The van der Waals surface area contributed by atoms with Crippen LogP contribution in [0.2, 0.25) is 0 Å². The van der Waals surface area contributed by atoms with E-state index in [0.29, 0.717) is 5.75 Å². The Balaban J connectivity index is 2.11. The summed E-state index contributed by atoms with van der Waals surface area (Å²) in [6.07, 6.45) is 0. The molecule has 4 nitrogen and oxygen atoms in total. The quantitative estimate of drug-likeness (QED) is 0.837. The second-order valence-corrected chi connectivity index (χ2v) is 5.17. The highest BCUT2D eigenvalue weighted by Crippen LogP contribution is 2.25. The third kappa shape index (κ3) is 2.74. The summed E-state index contributed by atoms with van der Waals surface area (Å²) in [5, 5.41) is 1.03. The Kier molecular flexibility index (Phi) is 3.28. The van der Waals surface area contributed by atoms with Crippen molar-refractivity contribution in [3.63, 3.8) is 0 Å². The van der Waals surface area contributed by atoms with E-state index in [1.807, 2.05) is 25.1 Å². The van der Waals surface area contributed by atoms with Gasteiger partial charge in [0.2, 0.25) is 0 Å². The molecule has 1 heterocycles. The average molecular weight is 250 g/mol. The molecule has 1 aromatic carbocycles. The van der Waals surface area contributed by atoms with Gasteiger partial charge >= 0.3 is 0 Å². The summed E-state index contributed by atoms with van der Waals surface area (Å²) in [7, 11) is 3.41. The number of ether oxygens (including phenoxy) is 1. The molecule has 0 N–H and O–H groups in total. The zero-order valence-electron chi connectivity index (χ0n) is 10.1. The van der Waals surface area contributed by atoms with Crippen molar-refractivity contribution in [1.82, 2.24) is 9.88 Å². The Hall–Kier alpha value is -1.62. The van der Waals surface area contributed by atoms with Crippen molar-refractivity contribution in [2.24, 2.45) is 0 Å². The Bertz CT molecular complexity index is 548. The lowest BCUT2D eigenvalue weighted by Crippen LogP contribution is -2.27. The predicted octanol–water partition coefficient (Wildman–Crippen LogP) is 2.07. The molecule has 2 rings (SSSR count). The van der Waals surface area contributed by atoms with Crippen molar-refractivity contribution in [1.29, 1.82) is 0 Å². The number of thiazole rings is 1. The van der Waals surface area contributed by atoms with Gasteiger partial charge in [0.25, 0.3) is 5.91 Å². The van der Waals surface area contributed by atoms with Gasteiger partial charge in [0, 0.05) is 20.2 Å². The Morgan fingerprint density at radius 3 is 2.94 bits per heavy atom. The highest BCUT2D eigenvalue weighted by atomic mass is 32.1. The SMILES string of the molecule is Cc1nc2cc(OCC(=O)N(C)C)ccc2s1. The number of rotatable bonds is 3. The van der Waals surface area contributed by atoms with Crippen molar-refractivity contribution in [3.05, 3.63) is 23.2 Å². The standard InChI is InChI=1S/C12H14N2O2S/c1-8-13-10-6-9(4-5-11(10)17-8)16-7-12(15)14(2)3/h4-6H,7H2,1-3H3. The molecule has 5 heteroatoms. The minimum atomic E-state index is -0.0560. The summed E-state index contributed by atoms with van der Waals surface area (Å²) in [4.78, 5) is 17.3. The summed E-state index contributed by atoms with van der Waals surface area (Å²) in [5.41, 5.74) is 0.919. The van der Waals surface area contributed by atoms with Crippen LogP contribution in [-0.4, -0.2) is 36.5 Å². The Labute approximate surface area is 104 Å². The van der Waals surface area contributed by atoms with Gasteiger partial charge in [0.15, 0.2) is 6.61 Å². The number of carbonyl (C=O) groups excluding carboxylic acids is 1. The average Bonchev–Trinajstić information content (AvgIpc) is 2.64. The highest BCUT2D eigenvalue weighted by molar-refractivity contribution is 7.18. The van der Waals surface area contributed by atoms with Crippen LogP contribution in [0.1, 0.15) is 5.01 Å². The van der Waals surface area contributed by atoms with Crippen molar-refractivity contribution in [2.45, 2.75) is 6.92 Å². The molecule has 0 aliphatic rings. The normalized spacial score (nSPS) is 10.5. The zero-order valence-corrected chi connectivity index (χ0v) is 10.9. The molecular formula is C12H14N2O2S. The van der Waals surface area contributed by atoms with E-state index >= 15 is 0 Å². The summed E-state index contributed by atoms with van der Waals surface area (Å²) in [6.45, 7) is 2.03. The van der Waals surface area contributed by atoms with Crippen LogP contribution in [-0.2, 0) is 4.79 Å². The first-order valence-corrected chi connectivity index (χ1v) is 6.08. The van der Waals surface area contributed by atoms with Gasteiger partial charge in [-0.2, -0.15) is 0 Å². The number of hydrogen-bond acceptors (Lipinski definition) is 4. The van der Waals surface area contributed by atoms with Crippen molar-refractivity contribution in [2.75, 3.05) is 20.7 Å². The second-order valence-electron chi connectivity index (χ2n) is 3.94. The van der Waals surface area contributed by atoms with Gasteiger partial charge in [0.05, 0.1) is 15.2 Å². The van der Waals surface area contributed by atoms with Gasteiger partial charge in [-0.1, -0.05) is 0 Å². The largest absolute Gasteiger partial charge is 0.484 e. The molecule has 0 aliphatic carbocycles. The van der Waals surface area contributed by atoms with E-state index in [1.54, 1.807) is 25.4 Å². The molecule has 2 aromatic rings. The fraction of sp³-hybridized carbons (Fsp3) is 0.333. The number of carbonyl (C=O) groups is 1. The van der Waals surface area contributed by atoms with Crippen LogP contribution in [0.4, 0.5) is 0 Å². The van der Waals surface area contributed by atoms with Crippen LogP contribution >= 0.6 is 11.3 Å². The molecule has 90 valence electrons. The maximum absolute atomic E-state index is 11.4. The number of aryl methyl sites for hydroxylation is 1. The van der Waals surface area contributed by atoms with E-state index in [0.717, 1.165) is 15.2 Å². The maximum Gasteiger partial charge on any atom is 0.259 e. The van der Waals surface area contributed by atoms with Gasteiger partial charge in [-0.15, -0.1) is 11.3 Å². The molecule has 0 spiro atoms. The predicted molar refractivity (Wildman–Crippen MR) is 68.5 cm³/mol. The van der Waals surface area contributed by atoms with Crippen LogP contribution in [0.15, 0.2) is 18.2 Å². The van der Waals surface area contributed by atoms with E-state index in [2.05, 4.69) is 4.98 Å². The number of benzene rings is 1. The number of nitrogens with zero attached hydrogens (tertiary/aromatic N) is 2. The number of hydrogen-bond donors (Lipinski definition) is 0. The smallest absolute Gasteiger partial charge is 0.259 e. The lowest BCUT2D eigenvalue weighted by atomic mass is 10.3. The van der Waals surface area contributed by atoms with Gasteiger partial charge in [-0.25, -0.2) is 4.98 Å². The number of amides is 1. The fourth-order valence-electron chi connectivity index (χ4n) is 1.39. The molecule has 1 amide bonds. The zero-order chi connectivity index (χ0) is 12.4. The van der Waals surface area contributed by atoms with E-state index in [-0.39, 0.29) is 12.5 Å². The molecule has 0 atom stereocenters. The number of fused-ring (bicyclic) bond motifs is 1. The number of likely N-dealkylation sites (N-methyl/N-ethyl adjacent to an activating group) is 1. The second kappa shape index (κ2) is 4.71. The first kappa shape index (κ1) is 11.9. The molecule has 0 fully saturated rings. The monoisotopic (exact) mass is 250 g/mol. The lowest BCUT2D eigenvalue weighted by molar-refractivity contribution is -0.130. The summed E-state index contributed by atoms with van der Waals surface area (Å²) < 4.78 is 6.55. The van der Waals surface area contributed by atoms with Gasteiger partial charge in [0.1, 0.15) is 5.75 Å². The lowest BCUT2D eigenvalue weighted by Gasteiger charge is -2.11. The first-order valence-electron chi connectivity index (χ1n) is 5.26. The van der Waals surface area contributed by atoms with Crippen molar-refractivity contribution >= 4 is 27.5 Å². The molecule has 0 saturated heterocycles. The van der Waals surface area contributed by atoms with E-state index < -0.39 is 0 Å². The summed E-state index contributed by atoms with van der Waals surface area (Å²) >= 11 is 1.65. The minimum Gasteiger partial charge on any atom is -0.484 e. The maximum atomic E-state index is 11.4. The van der Waals surface area contributed by atoms with Crippen LogP contribution in [0.5, 0.6) is 5.75 Å². The third-order valence-corrected chi connectivity index (χ3v) is 3.28. The van der Waals surface area contributed by atoms with Gasteiger partial charge in [-0.3, -0.25) is 4.79 Å². The van der Waals surface area contributed by atoms with E-state index in [4.69, 9.17) is 4.74 Å². The fourth-order valence-corrected chi connectivity index (χ4v) is 2.19. The number of aromatic nitrogens is 1. The van der Waals surface area contributed by atoms with Crippen LogP contribution < -0.4 is 4.74 Å². The van der Waals surface area contributed by atoms with Crippen molar-refractivity contribution in [3.8, 4) is 5.75 Å². The Morgan fingerprint density at radius 1 is 1.47 bits per heavy atom. The Morgan fingerprint density at radius 2 is 2.24 bits per heavy atom. The van der Waals surface area contributed by atoms with E-state index in [1.165, 1.54) is 4.90 Å². The molecule has 1 aromatic heterocycles. The first-order chi connectivity index (χ1) is 8.06. The van der Waals surface area contributed by atoms with Crippen LogP contribution in [0, 0.1) is 6.92 Å². The molecule has 0 saturated carbocycles. The van der Waals surface area contributed by atoms with Crippen molar-refractivity contribution < 1.29 is 9.53 Å².